The number of benzene rings is 3. The number of carbonyl (C=O) groups excluding carboxylic acids is 2. The zero-order valence-corrected chi connectivity index (χ0v) is 18.0. The van der Waals surface area contributed by atoms with E-state index in [1.54, 1.807) is 24.3 Å². The van der Waals surface area contributed by atoms with Gasteiger partial charge in [0.05, 0.1) is 4.47 Å². The number of hydrogen-bond donors (Lipinski definition) is 3. The minimum atomic E-state index is -0.468. The van der Waals surface area contributed by atoms with Crippen molar-refractivity contribution in [3.05, 3.63) is 75.7 Å². The van der Waals surface area contributed by atoms with Crippen LogP contribution in [0.5, 0.6) is 5.75 Å². The van der Waals surface area contributed by atoms with Gasteiger partial charge in [0.2, 0.25) is 0 Å². The quantitative estimate of drug-likeness (QED) is 0.379. The summed E-state index contributed by atoms with van der Waals surface area (Å²) in [6, 6.07) is 17.9. The van der Waals surface area contributed by atoms with Gasteiger partial charge >= 0.3 is 0 Å². The van der Waals surface area contributed by atoms with E-state index in [4.69, 9.17) is 28.6 Å². The summed E-state index contributed by atoms with van der Waals surface area (Å²) in [5, 5.41) is 4.85. The van der Waals surface area contributed by atoms with Crippen molar-refractivity contribution in [3.63, 3.8) is 0 Å². The van der Waals surface area contributed by atoms with Crippen LogP contribution in [0.15, 0.2) is 65.1 Å². The van der Waals surface area contributed by atoms with E-state index in [0.29, 0.717) is 16.3 Å². The highest BCUT2D eigenvalue weighted by molar-refractivity contribution is 9.10. The van der Waals surface area contributed by atoms with Crippen LogP contribution in [0.2, 0.25) is 5.02 Å². The number of carbonyl (C=O) groups is 2. The Morgan fingerprint density at radius 1 is 1.03 bits per heavy atom. The molecule has 0 aliphatic rings. The molecule has 9 heteroatoms. The topological polar surface area (TPSA) is 79.5 Å². The van der Waals surface area contributed by atoms with E-state index < -0.39 is 11.8 Å². The number of ether oxygens (including phenoxy) is 1. The molecule has 0 aromatic heterocycles. The van der Waals surface area contributed by atoms with Gasteiger partial charge in [-0.05, 0) is 63.2 Å². The van der Waals surface area contributed by atoms with Gasteiger partial charge in [0.25, 0.3) is 11.8 Å². The first-order valence-electron chi connectivity index (χ1n) is 8.40. The fourth-order valence-electron chi connectivity index (χ4n) is 2.47. The number of hydrogen-bond acceptors (Lipinski definition) is 4. The molecule has 0 unspecified atom stereocenters. The van der Waals surface area contributed by atoms with Gasteiger partial charge in [-0.1, -0.05) is 48.0 Å². The van der Waals surface area contributed by atoms with Gasteiger partial charge in [0.1, 0.15) is 5.75 Å². The lowest BCUT2D eigenvalue weighted by Crippen LogP contribution is -2.49. The van der Waals surface area contributed by atoms with Crippen LogP contribution >= 0.6 is 39.7 Å². The van der Waals surface area contributed by atoms with Crippen LogP contribution in [-0.4, -0.2) is 23.5 Å². The molecule has 148 valence electrons. The summed E-state index contributed by atoms with van der Waals surface area (Å²) in [5.41, 5.74) is 5.16. The number of thiocarbonyl (C=S) groups is 1. The highest BCUT2D eigenvalue weighted by atomic mass is 79.9. The molecular weight excluding hydrogens is 478 g/mol. The lowest BCUT2D eigenvalue weighted by Gasteiger charge is -2.13. The Labute approximate surface area is 185 Å². The van der Waals surface area contributed by atoms with Gasteiger partial charge in [0.15, 0.2) is 11.7 Å². The second-order valence-corrected chi connectivity index (χ2v) is 7.49. The standard InChI is InChI=1S/C20H15BrClN3O3S/c21-18-15-7-2-1-4-12(15)8-9-16(18)28-11-17(26)24-25-20(29)23-19(27)13-5-3-6-14(22)10-13/h1-10H,11H2,(H,24,26)(H2,23,25,27,29). The van der Waals surface area contributed by atoms with E-state index in [1.165, 1.54) is 6.07 Å². The molecule has 0 fully saturated rings. The van der Waals surface area contributed by atoms with E-state index >= 15 is 0 Å². The van der Waals surface area contributed by atoms with Crippen LogP contribution in [0.1, 0.15) is 10.4 Å². The molecule has 29 heavy (non-hydrogen) atoms. The first-order valence-corrected chi connectivity index (χ1v) is 9.98. The molecular formula is C20H15BrClN3O3S. The molecule has 0 aliphatic carbocycles. The molecule has 3 N–H and O–H groups in total. The maximum Gasteiger partial charge on any atom is 0.276 e. The van der Waals surface area contributed by atoms with Crippen molar-refractivity contribution in [2.45, 2.75) is 0 Å². The number of fused-ring (bicyclic) bond motifs is 1. The van der Waals surface area contributed by atoms with Gasteiger partial charge in [-0.3, -0.25) is 25.8 Å². The monoisotopic (exact) mass is 491 g/mol. The number of amides is 2. The normalized spacial score (nSPS) is 10.3. The lowest BCUT2D eigenvalue weighted by atomic mass is 10.1. The second-order valence-electron chi connectivity index (χ2n) is 5.85. The molecule has 0 saturated heterocycles. The number of nitrogens with one attached hydrogen (secondary N) is 3. The zero-order chi connectivity index (χ0) is 20.8. The van der Waals surface area contributed by atoms with Crippen molar-refractivity contribution in [3.8, 4) is 5.75 Å². The molecule has 3 rings (SSSR count). The Morgan fingerprint density at radius 2 is 1.83 bits per heavy atom. The zero-order valence-electron chi connectivity index (χ0n) is 14.9. The largest absolute Gasteiger partial charge is 0.483 e. The molecule has 0 bridgehead atoms. The Kier molecular flexibility index (Phi) is 7.03. The summed E-state index contributed by atoms with van der Waals surface area (Å²) in [6.45, 7) is -0.241. The molecule has 3 aromatic carbocycles. The smallest absolute Gasteiger partial charge is 0.276 e. The minimum Gasteiger partial charge on any atom is -0.483 e. The highest BCUT2D eigenvalue weighted by Gasteiger charge is 2.11. The van der Waals surface area contributed by atoms with Crippen molar-refractivity contribution < 1.29 is 14.3 Å². The van der Waals surface area contributed by atoms with E-state index in [2.05, 4.69) is 32.1 Å². The first kappa shape index (κ1) is 21.0. The first-order chi connectivity index (χ1) is 13.9. The predicted octanol–water partition coefficient (Wildman–Crippen LogP) is 3.97. The molecule has 0 aliphatic heterocycles. The third-order valence-corrected chi connectivity index (χ3v) is 5.07. The Balaban J connectivity index is 1.48. The van der Waals surface area contributed by atoms with E-state index in [0.717, 1.165) is 15.2 Å². The summed E-state index contributed by atoms with van der Waals surface area (Å²) >= 11 is 14.3. The third kappa shape index (κ3) is 5.66. The van der Waals surface area contributed by atoms with Gasteiger partial charge in [-0.2, -0.15) is 0 Å². The number of rotatable bonds is 4. The molecule has 3 aromatic rings. The van der Waals surface area contributed by atoms with Crippen LogP contribution in [-0.2, 0) is 4.79 Å². The molecule has 0 atom stereocenters. The third-order valence-electron chi connectivity index (χ3n) is 3.82. The lowest BCUT2D eigenvalue weighted by molar-refractivity contribution is -0.123. The van der Waals surface area contributed by atoms with Crippen molar-refractivity contribution in [2.75, 3.05) is 6.61 Å². The molecule has 0 spiro atoms. The molecule has 6 nitrogen and oxygen atoms in total. The average Bonchev–Trinajstić information content (AvgIpc) is 2.72. The van der Waals surface area contributed by atoms with Gasteiger partial charge in [-0.25, -0.2) is 0 Å². The van der Waals surface area contributed by atoms with Crippen molar-refractivity contribution >= 4 is 67.4 Å². The maximum absolute atomic E-state index is 12.1. The molecule has 0 heterocycles. The van der Waals surface area contributed by atoms with E-state index in [9.17, 15) is 9.59 Å². The molecule has 0 saturated carbocycles. The summed E-state index contributed by atoms with van der Waals surface area (Å²) < 4.78 is 6.32. The highest BCUT2D eigenvalue weighted by Crippen LogP contribution is 2.32. The average molecular weight is 493 g/mol. The Hall–Kier alpha value is -2.68. The predicted molar refractivity (Wildman–Crippen MR) is 120 cm³/mol. The number of halogens is 2. The number of hydrazine groups is 1. The maximum atomic E-state index is 12.1. The summed E-state index contributed by atoms with van der Waals surface area (Å²) in [5.74, 6) is -0.379. The molecule has 2 amide bonds. The molecule has 0 radical (unpaired) electrons. The summed E-state index contributed by atoms with van der Waals surface area (Å²) in [4.78, 5) is 24.1. The van der Waals surface area contributed by atoms with Crippen molar-refractivity contribution in [2.24, 2.45) is 0 Å². The van der Waals surface area contributed by atoms with Gasteiger partial charge in [0, 0.05) is 10.6 Å². The fourth-order valence-corrected chi connectivity index (χ4v) is 3.41. The summed E-state index contributed by atoms with van der Waals surface area (Å²) in [7, 11) is 0. The Morgan fingerprint density at radius 3 is 2.62 bits per heavy atom. The SMILES string of the molecule is O=C(COc1ccc2ccccc2c1Br)NNC(=S)NC(=O)c1cccc(Cl)c1. The van der Waals surface area contributed by atoms with Gasteiger partial charge in [-0.15, -0.1) is 0 Å². The van der Waals surface area contributed by atoms with Crippen LogP contribution in [0.4, 0.5) is 0 Å². The summed E-state index contributed by atoms with van der Waals surface area (Å²) in [6.07, 6.45) is 0. The van der Waals surface area contributed by atoms with E-state index in [1.807, 2.05) is 30.3 Å². The van der Waals surface area contributed by atoms with Crippen LogP contribution in [0.3, 0.4) is 0 Å². The Bertz CT molecular complexity index is 1090. The second kappa shape index (κ2) is 9.69. The van der Waals surface area contributed by atoms with Crippen molar-refractivity contribution in [1.82, 2.24) is 16.2 Å². The fraction of sp³-hybridized carbons (Fsp3) is 0.0500. The van der Waals surface area contributed by atoms with Gasteiger partial charge < -0.3 is 4.74 Å². The van der Waals surface area contributed by atoms with Crippen LogP contribution in [0, 0.1) is 0 Å². The minimum absolute atomic E-state index is 0.0600. The van der Waals surface area contributed by atoms with Crippen LogP contribution in [0.25, 0.3) is 10.8 Å². The van der Waals surface area contributed by atoms with Crippen LogP contribution < -0.4 is 20.9 Å². The van der Waals surface area contributed by atoms with Crippen molar-refractivity contribution in [1.29, 1.82) is 0 Å². The van der Waals surface area contributed by atoms with E-state index in [-0.39, 0.29) is 11.7 Å².